The van der Waals surface area contributed by atoms with Gasteiger partial charge in [-0.05, 0) is 95.2 Å². The zero-order valence-electron chi connectivity index (χ0n) is 31.8. The highest BCUT2D eigenvalue weighted by Gasteiger charge is 2.61. The summed E-state index contributed by atoms with van der Waals surface area (Å²) < 4.78 is 41.9. The number of non-ortho nitro benzene ring substituents is 1. The summed E-state index contributed by atoms with van der Waals surface area (Å²) in [6.07, 6.45) is 0.0204. The SMILES string of the molecule is CCCS(=O)(=O)OCc1ccc2c(c1)C(=O)c1ccc(C3=C(C(=O)OCc4ccc([N+](=O)[O-])cc4)N4C(=O)[C@H]([C@@H](C)O[Si](C)(C)C(C)(C)C)[C@H]4[C@H]3C)cc1-2. The average molecular weight is 775 g/mol. The first-order valence-electron chi connectivity index (χ1n) is 18.1. The molecule has 0 bridgehead atoms. The van der Waals surface area contributed by atoms with E-state index in [0.717, 1.165) is 0 Å². The molecule has 12 nitrogen and oxygen atoms in total. The number of nitro groups is 1. The van der Waals surface area contributed by atoms with E-state index in [2.05, 4.69) is 33.9 Å². The summed E-state index contributed by atoms with van der Waals surface area (Å²) in [5.74, 6) is -2.05. The van der Waals surface area contributed by atoms with Crippen LogP contribution in [-0.2, 0) is 46.3 Å². The van der Waals surface area contributed by atoms with Gasteiger partial charge in [-0.25, -0.2) is 4.79 Å². The van der Waals surface area contributed by atoms with E-state index in [9.17, 15) is 32.9 Å². The van der Waals surface area contributed by atoms with Gasteiger partial charge in [-0.15, -0.1) is 0 Å². The predicted molar refractivity (Wildman–Crippen MR) is 205 cm³/mol. The normalized spacial score (nSPS) is 20.0. The van der Waals surface area contributed by atoms with Gasteiger partial charge in [0, 0.05) is 29.2 Å². The molecule has 0 saturated carbocycles. The molecule has 0 spiro atoms. The molecule has 2 aliphatic heterocycles. The number of carbonyl (C=O) groups is 3. The van der Waals surface area contributed by atoms with Gasteiger partial charge >= 0.3 is 5.97 Å². The first-order valence-corrected chi connectivity index (χ1v) is 22.6. The molecule has 0 N–H and O–H groups in total. The van der Waals surface area contributed by atoms with Crippen LogP contribution >= 0.6 is 0 Å². The standard InChI is InChI=1S/C40H46N2O10SSi/c1-9-18-53(48,49)51-22-26-12-16-29-31-20-27(13-17-30(31)37(43)32(29)19-26)33-23(2)35-34(24(3)52-54(7,8)40(4,5)6)38(44)41(35)36(33)39(45)50-21-25-10-14-28(15-11-25)42(46)47/h10-17,19-20,23-24,34-35H,9,18,21-22H2,1-8H3/t23-,24+,34+,35+/m0/s1. The number of nitro benzene ring substituents is 1. The van der Waals surface area contributed by atoms with Crippen LogP contribution in [0.15, 0.2) is 66.4 Å². The molecule has 286 valence electrons. The maximum atomic E-state index is 14.1. The minimum absolute atomic E-state index is 0.0794. The van der Waals surface area contributed by atoms with E-state index in [1.54, 1.807) is 37.3 Å². The Morgan fingerprint density at radius 3 is 2.22 bits per heavy atom. The fourth-order valence-electron chi connectivity index (χ4n) is 7.42. The number of benzene rings is 3. The van der Waals surface area contributed by atoms with Gasteiger partial charge in [-0.2, -0.15) is 8.42 Å². The van der Waals surface area contributed by atoms with E-state index in [1.807, 2.05) is 19.9 Å². The maximum absolute atomic E-state index is 14.1. The number of hydrogen-bond acceptors (Lipinski definition) is 10. The molecule has 4 atom stereocenters. The number of hydrogen-bond donors (Lipinski definition) is 0. The van der Waals surface area contributed by atoms with Crippen molar-refractivity contribution in [3.63, 3.8) is 0 Å². The summed E-state index contributed by atoms with van der Waals surface area (Å²) in [6, 6.07) is 15.8. The lowest BCUT2D eigenvalue weighted by atomic mass is 9.76. The first kappa shape index (κ1) is 39.2. The fourth-order valence-corrected chi connectivity index (χ4v) is 9.79. The van der Waals surface area contributed by atoms with Gasteiger partial charge in [-0.3, -0.25) is 23.9 Å². The lowest BCUT2D eigenvalue weighted by Gasteiger charge is -2.50. The molecule has 2 heterocycles. The molecule has 0 unspecified atom stereocenters. The maximum Gasteiger partial charge on any atom is 0.355 e. The van der Waals surface area contributed by atoms with Crippen molar-refractivity contribution in [2.24, 2.45) is 11.8 Å². The summed E-state index contributed by atoms with van der Waals surface area (Å²) in [4.78, 5) is 53.9. The van der Waals surface area contributed by atoms with Crippen molar-refractivity contribution in [1.29, 1.82) is 0 Å². The number of amides is 1. The lowest BCUT2D eigenvalue weighted by Crippen LogP contribution is -2.65. The highest BCUT2D eigenvalue weighted by atomic mass is 32.2. The van der Waals surface area contributed by atoms with Crippen LogP contribution in [0.5, 0.6) is 0 Å². The Bertz CT molecular complexity index is 2190. The Morgan fingerprint density at radius 2 is 1.59 bits per heavy atom. The molecule has 1 aliphatic carbocycles. The number of ether oxygens (including phenoxy) is 1. The molecule has 54 heavy (non-hydrogen) atoms. The Morgan fingerprint density at radius 1 is 0.944 bits per heavy atom. The summed E-state index contributed by atoms with van der Waals surface area (Å²) >= 11 is 0. The van der Waals surface area contributed by atoms with Gasteiger partial charge in [0.15, 0.2) is 14.1 Å². The van der Waals surface area contributed by atoms with Crippen molar-refractivity contribution in [2.45, 2.75) is 91.5 Å². The highest BCUT2D eigenvalue weighted by molar-refractivity contribution is 7.86. The van der Waals surface area contributed by atoms with Crippen molar-refractivity contribution in [2.75, 3.05) is 5.75 Å². The monoisotopic (exact) mass is 774 g/mol. The number of rotatable bonds is 13. The third-order valence-electron chi connectivity index (χ3n) is 11.2. The zero-order chi connectivity index (χ0) is 39.5. The van der Waals surface area contributed by atoms with Crippen LogP contribution in [0.3, 0.4) is 0 Å². The second kappa shape index (κ2) is 14.3. The van der Waals surface area contributed by atoms with Crippen LogP contribution in [0, 0.1) is 22.0 Å². The summed E-state index contributed by atoms with van der Waals surface area (Å²) in [6.45, 7) is 16.0. The molecule has 3 aromatic carbocycles. The highest BCUT2D eigenvalue weighted by Crippen LogP contribution is 2.53. The Balaban J connectivity index is 1.35. The van der Waals surface area contributed by atoms with Crippen molar-refractivity contribution < 1.29 is 41.1 Å². The molecule has 1 amide bonds. The molecule has 1 saturated heterocycles. The Hall–Kier alpha value is -4.50. The molecular formula is C40H46N2O10SSi. The van der Waals surface area contributed by atoms with Crippen molar-refractivity contribution in [3.05, 3.63) is 104 Å². The lowest BCUT2D eigenvalue weighted by molar-refractivity contribution is -0.384. The number of esters is 1. The van der Waals surface area contributed by atoms with Gasteiger partial charge in [0.05, 0.1) is 35.3 Å². The van der Waals surface area contributed by atoms with Crippen LogP contribution in [0.25, 0.3) is 16.7 Å². The minimum Gasteiger partial charge on any atom is -0.456 e. The van der Waals surface area contributed by atoms with Crippen LogP contribution in [0.4, 0.5) is 5.69 Å². The Labute approximate surface area is 316 Å². The van der Waals surface area contributed by atoms with E-state index in [0.29, 0.717) is 50.9 Å². The quantitative estimate of drug-likeness (QED) is 0.0334. The van der Waals surface area contributed by atoms with Crippen LogP contribution in [-0.4, -0.2) is 62.1 Å². The van der Waals surface area contributed by atoms with E-state index in [1.165, 1.54) is 29.2 Å². The second-order valence-electron chi connectivity index (χ2n) is 15.9. The minimum atomic E-state index is -3.69. The predicted octanol–water partition coefficient (Wildman–Crippen LogP) is 7.40. The van der Waals surface area contributed by atoms with E-state index in [-0.39, 0.29) is 59.0 Å². The summed E-state index contributed by atoms with van der Waals surface area (Å²) in [5, 5.41) is 11.1. The third-order valence-corrected chi connectivity index (χ3v) is 17.2. The second-order valence-corrected chi connectivity index (χ2v) is 22.4. The fraction of sp³-hybridized carbons (Fsp3) is 0.425. The molecule has 3 aliphatic rings. The third kappa shape index (κ3) is 7.07. The number of ketones is 1. The van der Waals surface area contributed by atoms with Crippen LogP contribution in [0.2, 0.25) is 18.1 Å². The molecule has 0 aromatic heterocycles. The van der Waals surface area contributed by atoms with Gasteiger partial charge in [-0.1, -0.05) is 52.8 Å². The molecule has 0 radical (unpaired) electrons. The summed E-state index contributed by atoms with van der Waals surface area (Å²) in [7, 11) is -5.94. The molecule has 1 fully saturated rings. The topological polar surface area (TPSA) is 159 Å². The van der Waals surface area contributed by atoms with Gasteiger partial charge in [0.25, 0.3) is 15.8 Å². The molecule has 6 rings (SSSR count). The van der Waals surface area contributed by atoms with E-state index < -0.39 is 41.4 Å². The largest absolute Gasteiger partial charge is 0.456 e. The zero-order valence-corrected chi connectivity index (χ0v) is 33.6. The number of β-lactam (4-membered cyclic amide) rings is 1. The van der Waals surface area contributed by atoms with Crippen molar-refractivity contribution >= 4 is 47.4 Å². The van der Waals surface area contributed by atoms with Gasteiger partial charge < -0.3 is 14.1 Å². The number of nitrogens with zero attached hydrogens (tertiary/aromatic N) is 2. The van der Waals surface area contributed by atoms with E-state index >= 15 is 0 Å². The molecule has 3 aromatic rings. The van der Waals surface area contributed by atoms with Crippen molar-refractivity contribution in [1.82, 2.24) is 4.90 Å². The first-order chi connectivity index (χ1) is 25.3. The molecule has 14 heteroatoms. The summed E-state index contributed by atoms with van der Waals surface area (Å²) in [5.41, 5.74) is 4.60. The Kier molecular flexibility index (Phi) is 10.4. The molecular weight excluding hydrogens is 729 g/mol. The number of carbonyl (C=O) groups excluding carboxylic acids is 3. The van der Waals surface area contributed by atoms with Gasteiger partial charge in [0.1, 0.15) is 12.3 Å². The van der Waals surface area contributed by atoms with E-state index in [4.69, 9.17) is 13.3 Å². The van der Waals surface area contributed by atoms with Crippen LogP contribution < -0.4 is 0 Å². The number of fused-ring (bicyclic) bond motifs is 4. The smallest absolute Gasteiger partial charge is 0.355 e. The average Bonchev–Trinajstić information content (AvgIpc) is 3.52. The van der Waals surface area contributed by atoms with Gasteiger partial charge in [0.2, 0.25) is 5.91 Å². The van der Waals surface area contributed by atoms with Crippen LogP contribution in [0.1, 0.15) is 80.6 Å². The van der Waals surface area contributed by atoms with Crippen molar-refractivity contribution in [3.8, 4) is 11.1 Å².